The highest BCUT2D eigenvalue weighted by atomic mass is 35.5. The lowest BCUT2D eigenvalue weighted by molar-refractivity contribution is 0.0996. The zero-order valence-corrected chi connectivity index (χ0v) is 7.50. The van der Waals surface area contributed by atoms with E-state index in [1.54, 1.807) is 12.1 Å². The molecule has 5 heteroatoms. The van der Waals surface area contributed by atoms with Gasteiger partial charge in [-0.25, -0.2) is 0 Å². The highest BCUT2D eigenvalue weighted by Gasteiger charge is 2.07. The molecule has 2 heterocycles. The van der Waals surface area contributed by atoms with E-state index >= 15 is 0 Å². The Hall–Kier alpha value is -1.00. The maximum atomic E-state index is 10.7. The molecule has 0 aromatic carbocycles. The van der Waals surface area contributed by atoms with Crippen molar-refractivity contribution < 1.29 is 4.79 Å². The van der Waals surface area contributed by atoms with Gasteiger partial charge in [-0.1, -0.05) is 11.6 Å². The van der Waals surface area contributed by atoms with Crippen LogP contribution in [-0.4, -0.2) is 10.9 Å². The molecule has 0 saturated heterocycles. The molecule has 0 fully saturated rings. The number of nitrogens with one attached hydrogen (secondary N) is 1. The average Bonchev–Trinajstić information content (AvgIpc) is 2.42. The van der Waals surface area contributed by atoms with Crippen molar-refractivity contribution in [3.8, 4) is 0 Å². The molecule has 0 atom stereocenters. The van der Waals surface area contributed by atoms with Gasteiger partial charge in [-0.3, -0.25) is 4.79 Å². The molecule has 2 aromatic rings. The first kappa shape index (κ1) is 7.64. The van der Waals surface area contributed by atoms with Crippen LogP contribution in [0.3, 0.4) is 0 Å². The standard InChI is InChI=1S/C7H5ClN2OS/c8-6-2-3-5(12-6)1-4(10-3)7(9)11/h1-2,10H,(H2,9,11). The molecule has 3 N–H and O–H groups in total. The minimum atomic E-state index is -0.450. The van der Waals surface area contributed by atoms with Crippen LogP contribution >= 0.6 is 22.9 Å². The zero-order chi connectivity index (χ0) is 8.72. The van der Waals surface area contributed by atoms with E-state index in [1.165, 1.54) is 11.3 Å². The van der Waals surface area contributed by atoms with Crippen LogP contribution in [0.4, 0.5) is 0 Å². The minimum Gasteiger partial charge on any atom is -0.364 e. The second-order valence-electron chi connectivity index (χ2n) is 2.38. The summed E-state index contributed by atoms with van der Waals surface area (Å²) in [6.45, 7) is 0. The van der Waals surface area contributed by atoms with Gasteiger partial charge >= 0.3 is 0 Å². The number of carbonyl (C=O) groups is 1. The van der Waals surface area contributed by atoms with E-state index in [1.807, 2.05) is 0 Å². The molecule has 2 rings (SSSR count). The first-order chi connectivity index (χ1) is 5.66. The van der Waals surface area contributed by atoms with Crippen LogP contribution in [-0.2, 0) is 0 Å². The Labute approximate surface area is 77.1 Å². The summed E-state index contributed by atoms with van der Waals surface area (Å²) in [5.74, 6) is -0.450. The third kappa shape index (κ3) is 1.09. The summed E-state index contributed by atoms with van der Waals surface area (Å²) in [5.41, 5.74) is 6.36. The second kappa shape index (κ2) is 2.50. The summed E-state index contributed by atoms with van der Waals surface area (Å²) < 4.78 is 1.65. The highest BCUT2D eigenvalue weighted by Crippen LogP contribution is 2.29. The zero-order valence-electron chi connectivity index (χ0n) is 5.93. The van der Waals surface area contributed by atoms with Crippen LogP contribution in [0.1, 0.15) is 10.5 Å². The summed E-state index contributed by atoms with van der Waals surface area (Å²) in [5, 5.41) is 0. The van der Waals surface area contributed by atoms with Crippen LogP contribution in [0.25, 0.3) is 10.2 Å². The number of thiophene rings is 1. The Bertz CT molecular complexity index is 414. The molecule has 0 aliphatic carbocycles. The smallest absolute Gasteiger partial charge is 0.265 e. The van der Waals surface area contributed by atoms with Gasteiger partial charge in [-0.05, 0) is 12.1 Å². The van der Waals surface area contributed by atoms with E-state index in [4.69, 9.17) is 17.3 Å². The Morgan fingerprint density at radius 3 is 2.92 bits per heavy atom. The van der Waals surface area contributed by atoms with Crippen molar-refractivity contribution in [2.45, 2.75) is 0 Å². The molecule has 12 heavy (non-hydrogen) atoms. The van der Waals surface area contributed by atoms with Crippen LogP contribution in [0.2, 0.25) is 4.34 Å². The maximum absolute atomic E-state index is 10.7. The Kier molecular flexibility index (Phi) is 1.59. The van der Waals surface area contributed by atoms with E-state index in [-0.39, 0.29) is 0 Å². The Balaban J connectivity index is 2.64. The summed E-state index contributed by atoms with van der Waals surface area (Å²) in [6, 6.07) is 3.47. The lowest BCUT2D eigenvalue weighted by Crippen LogP contribution is -2.10. The van der Waals surface area contributed by atoms with Gasteiger partial charge in [0.1, 0.15) is 5.69 Å². The van der Waals surface area contributed by atoms with E-state index < -0.39 is 5.91 Å². The number of aromatic nitrogens is 1. The molecule has 2 aromatic heterocycles. The van der Waals surface area contributed by atoms with Gasteiger partial charge in [-0.2, -0.15) is 0 Å². The fraction of sp³-hybridized carbons (Fsp3) is 0. The molecule has 0 saturated carbocycles. The normalized spacial score (nSPS) is 10.8. The molecule has 0 unspecified atom stereocenters. The predicted molar refractivity (Wildman–Crippen MR) is 49.7 cm³/mol. The molecular formula is C7H5ClN2OS. The fourth-order valence-corrected chi connectivity index (χ4v) is 2.17. The van der Waals surface area contributed by atoms with Crippen molar-refractivity contribution >= 4 is 39.1 Å². The van der Waals surface area contributed by atoms with Gasteiger partial charge in [0.15, 0.2) is 0 Å². The summed E-state index contributed by atoms with van der Waals surface area (Å²) in [4.78, 5) is 13.6. The van der Waals surface area contributed by atoms with Crippen LogP contribution < -0.4 is 5.73 Å². The highest BCUT2D eigenvalue weighted by molar-refractivity contribution is 7.22. The predicted octanol–water partition coefficient (Wildman–Crippen LogP) is 1.98. The van der Waals surface area contributed by atoms with Crippen molar-refractivity contribution in [2.24, 2.45) is 5.73 Å². The van der Waals surface area contributed by atoms with E-state index in [9.17, 15) is 4.79 Å². The van der Waals surface area contributed by atoms with Gasteiger partial charge in [0, 0.05) is 0 Å². The van der Waals surface area contributed by atoms with E-state index in [2.05, 4.69) is 4.98 Å². The number of primary amides is 1. The number of hydrogen-bond acceptors (Lipinski definition) is 2. The Morgan fingerprint density at radius 2 is 2.33 bits per heavy atom. The average molecular weight is 201 g/mol. The van der Waals surface area contributed by atoms with Crippen LogP contribution in [0, 0.1) is 0 Å². The fourth-order valence-electron chi connectivity index (χ4n) is 1.02. The molecule has 0 radical (unpaired) electrons. The lowest BCUT2D eigenvalue weighted by Gasteiger charge is -1.84. The van der Waals surface area contributed by atoms with Crippen LogP contribution in [0.5, 0.6) is 0 Å². The number of aromatic amines is 1. The third-order valence-electron chi connectivity index (χ3n) is 1.54. The number of amides is 1. The monoisotopic (exact) mass is 200 g/mol. The first-order valence-corrected chi connectivity index (χ1v) is 4.44. The number of hydrogen-bond donors (Lipinski definition) is 2. The molecule has 0 spiro atoms. The molecule has 0 aliphatic heterocycles. The molecule has 62 valence electrons. The largest absolute Gasteiger partial charge is 0.364 e. The van der Waals surface area contributed by atoms with Gasteiger partial charge in [0.05, 0.1) is 14.6 Å². The molecule has 3 nitrogen and oxygen atoms in total. The second-order valence-corrected chi connectivity index (χ2v) is 4.09. The van der Waals surface area contributed by atoms with Crippen molar-refractivity contribution in [1.29, 1.82) is 0 Å². The van der Waals surface area contributed by atoms with Gasteiger partial charge in [0.2, 0.25) is 0 Å². The van der Waals surface area contributed by atoms with Crippen molar-refractivity contribution in [3.05, 3.63) is 22.2 Å². The van der Waals surface area contributed by atoms with Crippen molar-refractivity contribution in [2.75, 3.05) is 0 Å². The van der Waals surface area contributed by atoms with E-state index in [0.29, 0.717) is 10.0 Å². The van der Waals surface area contributed by atoms with Crippen LogP contribution in [0.15, 0.2) is 12.1 Å². The molecular weight excluding hydrogens is 196 g/mol. The quantitative estimate of drug-likeness (QED) is 0.727. The minimum absolute atomic E-state index is 0.424. The van der Waals surface area contributed by atoms with Crippen molar-refractivity contribution in [3.63, 3.8) is 0 Å². The van der Waals surface area contributed by atoms with Gasteiger partial charge < -0.3 is 10.7 Å². The topological polar surface area (TPSA) is 58.9 Å². The number of carbonyl (C=O) groups excluding carboxylic acids is 1. The number of rotatable bonds is 1. The number of nitrogens with two attached hydrogens (primary N) is 1. The number of fused-ring (bicyclic) bond motifs is 1. The van der Waals surface area contributed by atoms with Gasteiger partial charge in [0.25, 0.3) is 5.91 Å². The Morgan fingerprint density at radius 1 is 1.58 bits per heavy atom. The number of H-pyrrole nitrogens is 1. The molecule has 1 amide bonds. The molecule has 0 bridgehead atoms. The van der Waals surface area contributed by atoms with Crippen molar-refractivity contribution in [1.82, 2.24) is 4.98 Å². The maximum Gasteiger partial charge on any atom is 0.265 e. The number of halogens is 1. The SMILES string of the molecule is NC(=O)c1cc2sc(Cl)cc2[nH]1. The first-order valence-electron chi connectivity index (χ1n) is 3.24. The summed E-state index contributed by atoms with van der Waals surface area (Å²) in [6.07, 6.45) is 0. The van der Waals surface area contributed by atoms with E-state index in [0.717, 1.165) is 10.2 Å². The molecule has 0 aliphatic rings. The summed E-state index contributed by atoms with van der Waals surface area (Å²) >= 11 is 7.16. The third-order valence-corrected chi connectivity index (χ3v) is 2.75. The van der Waals surface area contributed by atoms with Gasteiger partial charge in [-0.15, -0.1) is 11.3 Å². The summed E-state index contributed by atoms with van der Waals surface area (Å²) in [7, 11) is 0. The lowest BCUT2D eigenvalue weighted by atomic mass is 10.4.